The van der Waals surface area contributed by atoms with Crippen molar-refractivity contribution < 1.29 is 17.9 Å². The van der Waals surface area contributed by atoms with Gasteiger partial charge in [0.25, 0.3) is 10.0 Å². The van der Waals surface area contributed by atoms with E-state index in [0.717, 1.165) is 16.8 Å². The van der Waals surface area contributed by atoms with E-state index in [2.05, 4.69) is 10.0 Å². The van der Waals surface area contributed by atoms with Crippen molar-refractivity contribution in [2.75, 3.05) is 17.9 Å². The Labute approximate surface area is 194 Å². The van der Waals surface area contributed by atoms with Gasteiger partial charge in [-0.05, 0) is 69.7 Å². The molecule has 7 nitrogen and oxygen atoms in total. The van der Waals surface area contributed by atoms with Crippen LogP contribution in [0.1, 0.15) is 37.9 Å². The van der Waals surface area contributed by atoms with Crippen LogP contribution >= 0.6 is 12.2 Å². The first kappa shape index (κ1) is 23.7. The van der Waals surface area contributed by atoms with E-state index in [1.807, 2.05) is 25.7 Å². The first-order chi connectivity index (χ1) is 15.2. The summed E-state index contributed by atoms with van der Waals surface area (Å²) < 4.78 is 33.2. The Morgan fingerprint density at radius 3 is 2.28 bits per heavy atom. The number of benzene rings is 2. The number of rotatable bonds is 7. The number of anilines is 1. The summed E-state index contributed by atoms with van der Waals surface area (Å²) in [5.74, 6) is -0.410. The quantitative estimate of drug-likeness (QED) is 0.466. The van der Waals surface area contributed by atoms with E-state index in [9.17, 15) is 13.2 Å². The number of nitrogens with one attached hydrogen (secondary N) is 2. The van der Waals surface area contributed by atoms with Gasteiger partial charge in [0.15, 0.2) is 5.11 Å². The Morgan fingerprint density at radius 1 is 1.09 bits per heavy atom. The van der Waals surface area contributed by atoms with Crippen LogP contribution in [0.3, 0.4) is 0 Å². The van der Waals surface area contributed by atoms with Crippen molar-refractivity contribution in [3.63, 3.8) is 0 Å². The van der Waals surface area contributed by atoms with Gasteiger partial charge >= 0.3 is 5.97 Å². The van der Waals surface area contributed by atoms with E-state index < -0.39 is 22.0 Å². The molecule has 0 radical (unpaired) electrons. The van der Waals surface area contributed by atoms with Gasteiger partial charge in [-0.15, -0.1) is 0 Å². The zero-order chi connectivity index (χ0) is 23.5. The fraction of sp³-hybridized carbons (Fsp3) is 0.304. The van der Waals surface area contributed by atoms with Crippen LogP contribution < -0.4 is 10.0 Å². The summed E-state index contributed by atoms with van der Waals surface area (Å²) in [6, 6.07) is 13.0. The van der Waals surface area contributed by atoms with Gasteiger partial charge < -0.3 is 15.0 Å². The average Bonchev–Trinajstić information content (AvgIpc) is 2.74. The summed E-state index contributed by atoms with van der Waals surface area (Å²) >= 11 is 5.48. The third-order valence-electron chi connectivity index (χ3n) is 5.24. The molecule has 0 unspecified atom stereocenters. The summed E-state index contributed by atoms with van der Waals surface area (Å²) in [6.45, 7) is 8.34. The maximum atomic E-state index is 12.7. The molecule has 0 aliphatic carbocycles. The minimum Gasteiger partial charge on any atom is -0.463 e. The molecule has 2 N–H and O–H groups in total. The van der Waals surface area contributed by atoms with E-state index in [-0.39, 0.29) is 11.5 Å². The molecule has 0 spiro atoms. The third kappa shape index (κ3) is 4.94. The second-order valence-corrected chi connectivity index (χ2v) is 9.46. The molecule has 0 aromatic heterocycles. The number of thiocarbonyl (C=S) groups is 1. The summed E-state index contributed by atoms with van der Waals surface area (Å²) in [5.41, 5.74) is 3.39. The number of carbonyl (C=O) groups is 1. The maximum Gasteiger partial charge on any atom is 0.338 e. The number of sulfonamides is 1. The van der Waals surface area contributed by atoms with Crippen molar-refractivity contribution in [1.82, 2.24) is 10.2 Å². The smallest absolute Gasteiger partial charge is 0.338 e. The third-order valence-corrected chi connectivity index (χ3v) is 6.97. The molecule has 32 heavy (non-hydrogen) atoms. The molecule has 1 aliphatic rings. The second-order valence-electron chi connectivity index (χ2n) is 7.39. The highest BCUT2D eigenvalue weighted by Crippen LogP contribution is 2.32. The topological polar surface area (TPSA) is 87.7 Å². The molecule has 170 valence electrons. The number of aryl methyl sites for hydroxylation is 1. The van der Waals surface area contributed by atoms with E-state index in [0.29, 0.717) is 22.9 Å². The van der Waals surface area contributed by atoms with Gasteiger partial charge in [0.2, 0.25) is 0 Å². The Kier molecular flexibility index (Phi) is 7.20. The van der Waals surface area contributed by atoms with Crippen LogP contribution in [-0.4, -0.2) is 37.6 Å². The lowest BCUT2D eigenvalue weighted by Gasteiger charge is -2.37. The normalized spacial score (nSPS) is 16.6. The Hall–Kier alpha value is -2.91. The minimum absolute atomic E-state index is 0.189. The summed E-state index contributed by atoms with van der Waals surface area (Å²) in [7, 11) is -3.70. The van der Waals surface area contributed by atoms with Crippen molar-refractivity contribution >= 4 is 39.0 Å². The Morgan fingerprint density at radius 2 is 1.72 bits per heavy atom. The Bertz CT molecular complexity index is 1140. The number of esters is 1. The van der Waals surface area contributed by atoms with E-state index >= 15 is 0 Å². The molecule has 0 saturated heterocycles. The predicted molar refractivity (Wildman–Crippen MR) is 129 cm³/mol. The maximum absolute atomic E-state index is 12.7. The number of ether oxygens (including phenoxy) is 1. The molecule has 0 fully saturated rings. The van der Waals surface area contributed by atoms with Crippen LogP contribution in [0.4, 0.5) is 5.69 Å². The van der Waals surface area contributed by atoms with Crippen LogP contribution in [0.2, 0.25) is 0 Å². The molecular formula is C23H27N3O4S2. The number of allylic oxidation sites excluding steroid dienone is 1. The summed E-state index contributed by atoms with van der Waals surface area (Å²) in [6.07, 6.45) is 0. The largest absolute Gasteiger partial charge is 0.463 e. The van der Waals surface area contributed by atoms with Crippen molar-refractivity contribution in [3.05, 3.63) is 70.9 Å². The zero-order valence-corrected chi connectivity index (χ0v) is 20.1. The Balaban J connectivity index is 1.89. The molecule has 3 rings (SSSR count). The van der Waals surface area contributed by atoms with Gasteiger partial charge in [-0.3, -0.25) is 4.72 Å². The fourth-order valence-electron chi connectivity index (χ4n) is 3.56. The number of nitrogens with zero attached hydrogens (tertiary/aromatic N) is 1. The molecule has 1 aliphatic heterocycles. The lowest BCUT2D eigenvalue weighted by atomic mass is 9.95. The molecule has 1 heterocycles. The molecule has 0 bridgehead atoms. The molecule has 0 amide bonds. The van der Waals surface area contributed by atoms with Gasteiger partial charge in [0.1, 0.15) is 0 Å². The lowest BCUT2D eigenvalue weighted by Crippen LogP contribution is -2.47. The molecule has 1 atom stereocenters. The van der Waals surface area contributed by atoms with E-state index in [4.69, 9.17) is 17.0 Å². The standard InChI is InChI=1S/C23H27N3O4S2/c1-5-26-16(4)20(22(27)30-6-2)21(24-23(26)31)17-9-11-18(12-10-17)25-32(28,29)19-13-7-15(3)8-14-19/h7-14,21,25H,5-6H2,1-4H3,(H,24,31)/t21-/m0/s1. The first-order valence-corrected chi connectivity index (χ1v) is 12.2. The molecular weight excluding hydrogens is 446 g/mol. The van der Waals surface area contributed by atoms with Crippen molar-refractivity contribution in [2.24, 2.45) is 0 Å². The number of hydrogen-bond acceptors (Lipinski definition) is 5. The van der Waals surface area contributed by atoms with E-state index in [1.165, 1.54) is 0 Å². The van der Waals surface area contributed by atoms with E-state index in [1.54, 1.807) is 55.5 Å². The van der Waals surface area contributed by atoms with Crippen molar-refractivity contribution in [3.8, 4) is 0 Å². The second kappa shape index (κ2) is 9.70. The van der Waals surface area contributed by atoms with Crippen molar-refractivity contribution in [1.29, 1.82) is 0 Å². The average molecular weight is 474 g/mol. The molecule has 2 aromatic carbocycles. The predicted octanol–water partition coefficient (Wildman–Crippen LogP) is 3.88. The van der Waals surface area contributed by atoms with Crippen molar-refractivity contribution in [2.45, 2.75) is 38.6 Å². The van der Waals surface area contributed by atoms with Gasteiger partial charge in [0, 0.05) is 17.9 Å². The van der Waals surface area contributed by atoms with Gasteiger partial charge in [-0.25, -0.2) is 13.2 Å². The lowest BCUT2D eigenvalue weighted by molar-refractivity contribution is -0.139. The monoisotopic (exact) mass is 473 g/mol. The minimum atomic E-state index is -3.70. The highest BCUT2D eigenvalue weighted by atomic mass is 32.2. The van der Waals surface area contributed by atoms with Crippen LogP contribution in [0.15, 0.2) is 64.7 Å². The SMILES string of the molecule is CCOC(=O)C1=C(C)N(CC)C(=S)N[C@H]1c1ccc(NS(=O)(=O)c2ccc(C)cc2)cc1. The summed E-state index contributed by atoms with van der Waals surface area (Å²) in [4.78, 5) is 14.8. The molecule has 2 aromatic rings. The first-order valence-electron chi connectivity index (χ1n) is 10.3. The fourth-order valence-corrected chi connectivity index (χ4v) is 5.00. The van der Waals surface area contributed by atoms with Gasteiger partial charge in [-0.2, -0.15) is 0 Å². The van der Waals surface area contributed by atoms with Gasteiger partial charge in [-0.1, -0.05) is 29.8 Å². The number of carbonyl (C=O) groups excluding carboxylic acids is 1. The van der Waals surface area contributed by atoms with Crippen LogP contribution in [0.5, 0.6) is 0 Å². The zero-order valence-electron chi connectivity index (χ0n) is 18.5. The number of hydrogen-bond donors (Lipinski definition) is 2. The van der Waals surface area contributed by atoms with Crippen LogP contribution in [0.25, 0.3) is 0 Å². The van der Waals surface area contributed by atoms with Gasteiger partial charge in [0.05, 0.1) is 23.1 Å². The van der Waals surface area contributed by atoms with Crippen LogP contribution in [-0.2, 0) is 19.6 Å². The molecule has 0 saturated carbocycles. The highest BCUT2D eigenvalue weighted by molar-refractivity contribution is 7.92. The summed E-state index contributed by atoms with van der Waals surface area (Å²) in [5, 5.41) is 3.73. The highest BCUT2D eigenvalue weighted by Gasteiger charge is 2.34. The molecule has 9 heteroatoms. The van der Waals surface area contributed by atoms with Crippen LogP contribution in [0, 0.1) is 6.92 Å².